The van der Waals surface area contributed by atoms with Gasteiger partial charge in [-0.2, -0.15) is 0 Å². The Balaban J connectivity index is 1.69. The van der Waals surface area contributed by atoms with Crippen LogP contribution in [0.25, 0.3) is 10.9 Å². The first-order valence-electron chi connectivity index (χ1n) is 9.37. The molecule has 1 aliphatic heterocycles. The van der Waals surface area contributed by atoms with Crippen LogP contribution in [0.2, 0.25) is 0 Å². The van der Waals surface area contributed by atoms with Gasteiger partial charge in [-0.05, 0) is 30.7 Å². The molecule has 1 unspecified atom stereocenters. The first-order valence-corrected chi connectivity index (χ1v) is 9.37. The molecule has 0 aliphatic carbocycles. The van der Waals surface area contributed by atoms with E-state index in [0.29, 0.717) is 17.5 Å². The van der Waals surface area contributed by atoms with Crippen molar-refractivity contribution in [1.82, 2.24) is 4.57 Å². The normalized spacial score (nSPS) is 15.4. The van der Waals surface area contributed by atoms with Crippen LogP contribution in [-0.4, -0.2) is 33.4 Å². The number of hydrogen-bond acceptors (Lipinski definition) is 6. The van der Waals surface area contributed by atoms with E-state index in [1.165, 1.54) is 32.2 Å². The second-order valence-electron chi connectivity index (χ2n) is 7.03. The molecule has 1 N–H and O–H groups in total. The van der Waals surface area contributed by atoms with E-state index in [-0.39, 0.29) is 22.5 Å². The third-order valence-corrected chi connectivity index (χ3v) is 4.94. The van der Waals surface area contributed by atoms with Gasteiger partial charge in [0.25, 0.3) is 0 Å². The number of ether oxygens (including phenoxy) is 2. The van der Waals surface area contributed by atoms with Gasteiger partial charge in [0.2, 0.25) is 29.6 Å². The number of Topliss-reactive ketones (excluding diaryl/α,β-unsaturated/α-hetero) is 2. The third-order valence-electron chi connectivity index (χ3n) is 4.94. The summed E-state index contributed by atoms with van der Waals surface area (Å²) in [6, 6.07) is 14.1. The average Bonchev–Trinajstić information content (AvgIpc) is 3.29. The summed E-state index contributed by atoms with van der Waals surface area (Å²) in [5, 5.41) is 10.9. The third kappa shape index (κ3) is 3.34. The molecule has 7 nitrogen and oxygen atoms in total. The number of ketones is 2. The highest BCUT2D eigenvalue weighted by atomic mass is 16.7. The molecule has 0 saturated carbocycles. The van der Waals surface area contributed by atoms with E-state index < -0.39 is 23.9 Å². The van der Waals surface area contributed by atoms with E-state index >= 15 is 0 Å². The van der Waals surface area contributed by atoms with Gasteiger partial charge in [0, 0.05) is 24.3 Å². The number of rotatable bonds is 5. The maximum absolute atomic E-state index is 13.2. The highest BCUT2D eigenvalue weighted by Gasteiger charge is 2.32. The smallest absolute Gasteiger partial charge is 0.244 e. The maximum atomic E-state index is 13.2. The predicted molar refractivity (Wildman–Crippen MR) is 108 cm³/mol. The number of carbonyl (C=O) groups is 3. The zero-order chi connectivity index (χ0) is 21.4. The molecule has 1 aromatic heterocycles. The highest BCUT2D eigenvalue weighted by Crippen LogP contribution is 2.35. The van der Waals surface area contributed by atoms with Crippen LogP contribution in [0.15, 0.2) is 60.6 Å². The molecule has 30 heavy (non-hydrogen) atoms. The summed E-state index contributed by atoms with van der Waals surface area (Å²) in [7, 11) is 0. The van der Waals surface area contributed by atoms with E-state index in [0.717, 1.165) is 10.1 Å². The second kappa shape index (κ2) is 7.51. The molecule has 0 spiro atoms. The van der Waals surface area contributed by atoms with Crippen molar-refractivity contribution in [2.75, 3.05) is 0 Å². The fraction of sp³-hybridized carbons (Fsp3) is 0.174. The van der Waals surface area contributed by atoms with Crippen molar-refractivity contribution in [3.05, 3.63) is 77.2 Å². The lowest BCUT2D eigenvalue weighted by Gasteiger charge is -2.11. The van der Waals surface area contributed by atoms with Gasteiger partial charge in [0.1, 0.15) is 6.26 Å². The van der Waals surface area contributed by atoms with Gasteiger partial charge in [0.15, 0.2) is 5.78 Å². The van der Waals surface area contributed by atoms with E-state index in [9.17, 15) is 19.5 Å². The first-order chi connectivity index (χ1) is 14.4. The minimum absolute atomic E-state index is 0.0814. The molecule has 0 saturated heterocycles. The lowest BCUT2D eigenvalue weighted by Crippen LogP contribution is -2.14. The number of allylic oxidation sites excluding steroid dienone is 1. The minimum Gasteiger partial charge on any atom is -0.494 e. The molecular formula is C23H19NO6. The maximum Gasteiger partial charge on any atom is 0.244 e. The Bertz CT molecular complexity index is 1210. The van der Waals surface area contributed by atoms with Crippen LogP contribution in [0.1, 0.15) is 44.9 Å². The zero-order valence-electron chi connectivity index (χ0n) is 16.4. The summed E-state index contributed by atoms with van der Waals surface area (Å²) < 4.78 is 12.1. The number of carbonyl (C=O) groups excluding carboxylic acids is 3. The van der Waals surface area contributed by atoms with Gasteiger partial charge >= 0.3 is 0 Å². The van der Waals surface area contributed by atoms with Crippen molar-refractivity contribution in [2.45, 2.75) is 26.6 Å². The van der Waals surface area contributed by atoms with Crippen molar-refractivity contribution in [3.63, 3.8) is 0 Å². The van der Waals surface area contributed by atoms with Gasteiger partial charge in [0.05, 0.1) is 11.1 Å². The number of nitrogens with zero attached hydrogens (tertiary/aromatic N) is 1. The van der Waals surface area contributed by atoms with Gasteiger partial charge in [-0.3, -0.25) is 19.0 Å². The van der Waals surface area contributed by atoms with E-state index in [2.05, 4.69) is 0 Å². The SMILES string of the molecule is CC(=O)c1ccc2c(c1)c(C(=O)C1=COC(Cc3ccccc3)O1)c(O)n2C(C)=O. The largest absolute Gasteiger partial charge is 0.494 e. The molecule has 152 valence electrons. The van der Waals surface area contributed by atoms with E-state index in [1.807, 2.05) is 30.3 Å². The molecule has 1 atom stereocenters. The molecular weight excluding hydrogens is 386 g/mol. The molecule has 4 rings (SSSR count). The standard InChI is InChI=1S/C23H19NO6/c1-13(25)16-8-9-18-17(11-16)21(23(28)24(18)14(2)26)22(27)19-12-29-20(30-19)10-15-6-4-3-5-7-15/h3-9,11-12,20,28H,10H2,1-2H3. The number of fused-ring (bicyclic) bond motifs is 1. The zero-order valence-corrected chi connectivity index (χ0v) is 16.4. The Labute approximate surface area is 172 Å². The lowest BCUT2D eigenvalue weighted by molar-refractivity contribution is -0.0288. The van der Waals surface area contributed by atoms with E-state index in [1.54, 1.807) is 6.07 Å². The lowest BCUT2D eigenvalue weighted by atomic mass is 10.0. The van der Waals surface area contributed by atoms with Gasteiger partial charge in [-0.25, -0.2) is 0 Å². The molecule has 0 bridgehead atoms. The van der Waals surface area contributed by atoms with Crippen molar-refractivity contribution >= 4 is 28.4 Å². The summed E-state index contributed by atoms with van der Waals surface area (Å²) in [4.78, 5) is 37.0. The van der Waals surface area contributed by atoms with E-state index in [4.69, 9.17) is 9.47 Å². The summed E-state index contributed by atoms with van der Waals surface area (Å²) in [5.74, 6) is -1.88. The first kappa shape index (κ1) is 19.4. The van der Waals surface area contributed by atoms with Crippen LogP contribution in [0.3, 0.4) is 0 Å². The highest BCUT2D eigenvalue weighted by molar-refractivity contribution is 6.19. The van der Waals surface area contributed by atoms with Crippen molar-refractivity contribution in [1.29, 1.82) is 0 Å². The quantitative estimate of drug-likeness (QED) is 0.648. The van der Waals surface area contributed by atoms with Crippen LogP contribution < -0.4 is 0 Å². The number of benzene rings is 2. The number of hydrogen-bond donors (Lipinski definition) is 1. The van der Waals surface area contributed by atoms with Crippen LogP contribution in [0.4, 0.5) is 0 Å². The van der Waals surface area contributed by atoms with Crippen molar-refractivity contribution in [2.24, 2.45) is 0 Å². The Morgan fingerprint density at radius 3 is 2.47 bits per heavy atom. The second-order valence-corrected chi connectivity index (χ2v) is 7.03. The van der Waals surface area contributed by atoms with Crippen LogP contribution >= 0.6 is 0 Å². The Morgan fingerprint density at radius 2 is 1.80 bits per heavy atom. The molecule has 3 aromatic rings. The van der Waals surface area contributed by atoms with Crippen LogP contribution in [0, 0.1) is 0 Å². The number of aromatic hydroxyl groups is 1. The Kier molecular flexibility index (Phi) is 4.87. The molecule has 7 heteroatoms. The summed E-state index contributed by atoms with van der Waals surface area (Å²) in [6.45, 7) is 2.67. The fourth-order valence-corrected chi connectivity index (χ4v) is 3.50. The van der Waals surface area contributed by atoms with Gasteiger partial charge in [-0.1, -0.05) is 30.3 Å². The van der Waals surface area contributed by atoms with Gasteiger partial charge < -0.3 is 14.6 Å². The molecule has 2 heterocycles. The van der Waals surface area contributed by atoms with Crippen molar-refractivity contribution in [3.8, 4) is 5.88 Å². The Hall–Kier alpha value is -3.87. The Morgan fingerprint density at radius 1 is 1.07 bits per heavy atom. The number of aromatic nitrogens is 1. The summed E-state index contributed by atoms with van der Waals surface area (Å²) in [5.41, 5.74) is 1.55. The molecule has 0 fully saturated rings. The van der Waals surface area contributed by atoms with Crippen LogP contribution in [0.5, 0.6) is 5.88 Å². The minimum atomic E-state index is -0.678. The summed E-state index contributed by atoms with van der Waals surface area (Å²) in [6.07, 6.45) is 0.965. The fourth-order valence-electron chi connectivity index (χ4n) is 3.50. The monoisotopic (exact) mass is 405 g/mol. The molecule has 1 aliphatic rings. The van der Waals surface area contributed by atoms with Crippen molar-refractivity contribution < 1.29 is 29.0 Å². The average molecular weight is 405 g/mol. The van der Waals surface area contributed by atoms with Gasteiger partial charge in [-0.15, -0.1) is 0 Å². The molecule has 0 amide bonds. The molecule has 0 radical (unpaired) electrons. The topological polar surface area (TPSA) is 94.8 Å². The summed E-state index contributed by atoms with van der Waals surface area (Å²) >= 11 is 0. The molecule has 2 aromatic carbocycles. The predicted octanol–water partition coefficient (Wildman–Crippen LogP) is 3.85. The van der Waals surface area contributed by atoms with Crippen LogP contribution in [-0.2, 0) is 15.9 Å².